The molecule has 1 atom stereocenters. The Labute approximate surface area is 109 Å². The molecule has 1 saturated heterocycles. The summed E-state index contributed by atoms with van der Waals surface area (Å²) in [7, 11) is -3.31. The molecule has 0 saturated carbocycles. The van der Waals surface area contributed by atoms with Crippen LogP contribution in [0.5, 0.6) is 0 Å². The maximum atomic E-state index is 12.9. The van der Waals surface area contributed by atoms with E-state index in [2.05, 4.69) is 5.32 Å². The van der Waals surface area contributed by atoms with Crippen LogP contribution in [0, 0.1) is 0 Å². The number of alkyl halides is 3. The van der Waals surface area contributed by atoms with Gasteiger partial charge in [0.1, 0.15) is 0 Å². The molecule has 1 aliphatic heterocycles. The molecular weight excluding hydrogens is 279 g/mol. The van der Waals surface area contributed by atoms with Gasteiger partial charge in [-0.05, 0) is 24.6 Å². The van der Waals surface area contributed by atoms with E-state index in [0.717, 1.165) is 6.07 Å². The van der Waals surface area contributed by atoms with Gasteiger partial charge in [0.2, 0.25) is 0 Å². The van der Waals surface area contributed by atoms with Crippen molar-refractivity contribution >= 4 is 9.84 Å². The maximum absolute atomic E-state index is 12.9. The first-order chi connectivity index (χ1) is 8.80. The van der Waals surface area contributed by atoms with Crippen LogP contribution in [-0.4, -0.2) is 26.5 Å². The Morgan fingerprint density at radius 3 is 2.58 bits per heavy atom. The molecule has 1 heterocycles. The number of hydrogen-bond acceptors (Lipinski definition) is 3. The lowest BCUT2D eigenvalue weighted by atomic mass is 10.0. The molecule has 2 rings (SSSR count). The fourth-order valence-electron chi connectivity index (χ4n) is 2.22. The molecule has 7 heteroatoms. The summed E-state index contributed by atoms with van der Waals surface area (Å²) < 4.78 is 62.1. The average Bonchev–Trinajstić information content (AvgIpc) is 2.49. The van der Waals surface area contributed by atoms with Crippen LogP contribution >= 0.6 is 0 Å². The molecule has 3 nitrogen and oxygen atoms in total. The predicted octanol–water partition coefficient (Wildman–Crippen LogP) is 2.15. The van der Waals surface area contributed by atoms with Crippen molar-refractivity contribution in [2.24, 2.45) is 0 Å². The second kappa shape index (κ2) is 5.13. The van der Waals surface area contributed by atoms with E-state index in [4.69, 9.17) is 0 Å². The minimum absolute atomic E-state index is 0.000440. The van der Waals surface area contributed by atoms with Gasteiger partial charge in [0.15, 0.2) is 9.84 Å². The highest BCUT2D eigenvalue weighted by Gasteiger charge is 2.36. The number of hydrogen-bond donors (Lipinski definition) is 1. The minimum Gasteiger partial charge on any atom is -0.309 e. The summed E-state index contributed by atoms with van der Waals surface area (Å²) in [5.74, 6) is -0.273. The Morgan fingerprint density at radius 2 is 1.89 bits per heavy atom. The number of sulfone groups is 1. The van der Waals surface area contributed by atoms with Crippen LogP contribution in [0.4, 0.5) is 13.2 Å². The Hall–Kier alpha value is -1.08. The van der Waals surface area contributed by atoms with Gasteiger partial charge in [-0.1, -0.05) is 18.2 Å². The Balaban J connectivity index is 2.41. The van der Waals surface area contributed by atoms with Crippen LogP contribution in [0.15, 0.2) is 24.3 Å². The monoisotopic (exact) mass is 293 g/mol. The highest BCUT2D eigenvalue weighted by molar-refractivity contribution is 7.91. The molecule has 0 radical (unpaired) electrons. The van der Waals surface area contributed by atoms with Crippen molar-refractivity contribution in [1.82, 2.24) is 5.32 Å². The summed E-state index contributed by atoms with van der Waals surface area (Å²) in [6.45, 7) is 0.399. The molecule has 0 aromatic heterocycles. The first kappa shape index (κ1) is 14.3. The van der Waals surface area contributed by atoms with E-state index >= 15 is 0 Å². The zero-order chi connectivity index (χ0) is 14.1. The van der Waals surface area contributed by atoms with Crippen LogP contribution in [0.25, 0.3) is 0 Å². The van der Waals surface area contributed by atoms with Crippen LogP contribution in [0.3, 0.4) is 0 Å². The van der Waals surface area contributed by atoms with Gasteiger partial charge in [0, 0.05) is 6.04 Å². The highest BCUT2D eigenvalue weighted by Crippen LogP contribution is 2.35. The Bertz CT molecular complexity index is 554. The average molecular weight is 293 g/mol. The topological polar surface area (TPSA) is 46.2 Å². The van der Waals surface area contributed by atoms with E-state index in [9.17, 15) is 21.6 Å². The first-order valence-electron chi connectivity index (χ1n) is 5.89. The quantitative estimate of drug-likeness (QED) is 0.863. The second-order valence-corrected chi connectivity index (χ2v) is 6.79. The molecule has 1 N–H and O–H groups in total. The largest absolute Gasteiger partial charge is 0.416 e. The molecule has 0 aliphatic carbocycles. The Morgan fingerprint density at radius 1 is 1.21 bits per heavy atom. The van der Waals surface area contributed by atoms with Crippen molar-refractivity contribution < 1.29 is 21.6 Å². The SMILES string of the molecule is O=S1(=O)CCCNC(c2ccccc2C(F)(F)F)C1. The van der Waals surface area contributed by atoms with Crippen LogP contribution < -0.4 is 5.32 Å². The fourth-order valence-corrected chi connectivity index (χ4v) is 3.78. The Kier molecular flexibility index (Phi) is 3.87. The van der Waals surface area contributed by atoms with Gasteiger partial charge in [-0.3, -0.25) is 0 Å². The van der Waals surface area contributed by atoms with Crippen LogP contribution in [0.2, 0.25) is 0 Å². The number of rotatable bonds is 1. The molecular formula is C12H14F3NO2S. The highest BCUT2D eigenvalue weighted by atomic mass is 32.2. The lowest BCUT2D eigenvalue weighted by Crippen LogP contribution is -2.27. The van der Waals surface area contributed by atoms with Gasteiger partial charge < -0.3 is 5.32 Å². The normalized spacial score (nSPS) is 23.8. The van der Waals surface area contributed by atoms with Gasteiger partial charge in [0.25, 0.3) is 0 Å². The molecule has 0 bridgehead atoms. The third-order valence-corrected chi connectivity index (χ3v) is 4.84. The van der Waals surface area contributed by atoms with Gasteiger partial charge >= 0.3 is 6.18 Å². The van der Waals surface area contributed by atoms with Crippen LogP contribution in [-0.2, 0) is 16.0 Å². The minimum atomic E-state index is -4.48. The smallest absolute Gasteiger partial charge is 0.309 e. The van der Waals surface area contributed by atoms with Crippen molar-refractivity contribution in [2.45, 2.75) is 18.6 Å². The molecule has 1 aromatic carbocycles. The second-order valence-electron chi connectivity index (χ2n) is 4.56. The molecule has 0 amide bonds. The molecule has 1 aliphatic rings. The van der Waals surface area contributed by atoms with Gasteiger partial charge in [-0.15, -0.1) is 0 Å². The summed E-state index contributed by atoms with van der Waals surface area (Å²) in [5, 5.41) is 2.89. The van der Waals surface area contributed by atoms with E-state index in [-0.39, 0.29) is 17.1 Å². The third-order valence-electron chi connectivity index (χ3n) is 3.09. The number of benzene rings is 1. The van der Waals surface area contributed by atoms with Crippen LogP contribution in [0.1, 0.15) is 23.6 Å². The van der Waals surface area contributed by atoms with Crippen molar-refractivity contribution in [3.05, 3.63) is 35.4 Å². The zero-order valence-corrected chi connectivity index (χ0v) is 10.9. The molecule has 1 aromatic rings. The number of nitrogens with one attached hydrogen (secondary N) is 1. The number of halogens is 3. The summed E-state index contributed by atoms with van der Waals surface area (Å²) >= 11 is 0. The van der Waals surface area contributed by atoms with E-state index in [1.54, 1.807) is 0 Å². The van der Waals surface area contributed by atoms with E-state index in [1.165, 1.54) is 18.2 Å². The summed E-state index contributed by atoms with van der Waals surface area (Å²) in [4.78, 5) is 0. The van der Waals surface area contributed by atoms with Gasteiger partial charge in [-0.2, -0.15) is 13.2 Å². The van der Waals surface area contributed by atoms with Gasteiger partial charge in [-0.25, -0.2) is 8.42 Å². The van der Waals surface area contributed by atoms with Crippen molar-refractivity contribution in [3.63, 3.8) is 0 Å². The molecule has 106 valence electrons. The molecule has 0 spiro atoms. The zero-order valence-electron chi connectivity index (χ0n) is 10.1. The van der Waals surface area contributed by atoms with E-state index in [1.807, 2.05) is 0 Å². The van der Waals surface area contributed by atoms with Crippen molar-refractivity contribution in [2.75, 3.05) is 18.1 Å². The first-order valence-corrected chi connectivity index (χ1v) is 7.72. The molecule has 1 unspecified atom stereocenters. The standard InChI is InChI=1S/C12H14F3NO2S/c13-12(14,15)10-5-2-1-4-9(10)11-8-19(17,18)7-3-6-16-11/h1-2,4-5,11,16H,3,6-8H2. The molecule has 19 heavy (non-hydrogen) atoms. The van der Waals surface area contributed by atoms with Gasteiger partial charge in [0.05, 0.1) is 17.1 Å². The van der Waals surface area contributed by atoms with Crippen molar-refractivity contribution in [3.8, 4) is 0 Å². The predicted molar refractivity (Wildman–Crippen MR) is 65.5 cm³/mol. The van der Waals surface area contributed by atoms with Crippen molar-refractivity contribution in [1.29, 1.82) is 0 Å². The van der Waals surface area contributed by atoms with E-state index < -0.39 is 27.6 Å². The molecule has 1 fully saturated rings. The lowest BCUT2D eigenvalue weighted by molar-refractivity contribution is -0.138. The fraction of sp³-hybridized carbons (Fsp3) is 0.500. The van der Waals surface area contributed by atoms with E-state index in [0.29, 0.717) is 13.0 Å². The maximum Gasteiger partial charge on any atom is 0.416 e. The summed E-state index contributed by atoms with van der Waals surface area (Å²) in [5.41, 5.74) is -0.773. The summed E-state index contributed by atoms with van der Waals surface area (Å²) in [6, 6.07) is 4.31. The lowest BCUT2D eigenvalue weighted by Gasteiger charge is -2.20. The summed E-state index contributed by atoms with van der Waals surface area (Å²) in [6.07, 6.45) is -4.05. The third kappa shape index (κ3) is 3.48.